The molecule has 3 aromatic heterocycles. The van der Waals surface area contributed by atoms with Crippen molar-refractivity contribution in [2.24, 2.45) is 7.05 Å². The third-order valence-electron chi connectivity index (χ3n) is 7.92. The van der Waals surface area contributed by atoms with Crippen LogP contribution in [0.5, 0.6) is 0 Å². The molecule has 0 atom stereocenters. The molecule has 0 radical (unpaired) electrons. The quantitative estimate of drug-likeness (QED) is 0.320. The number of aryl methyl sites for hydroxylation is 1. The molecule has 206 valence electrons. The van der Waals surface area contributed by atoms with Crippen LogP contribution in [0.25, 0.3) is 22.4 Å². The SMILES string of the molecule is Cn1ncc2cc(NC(=O)c3coc(-c4cc[nH]c(=O)c4)n3)c(N3CCC(O[Si](C)(C)C(C)(C)C)CC3)cc21. The first-order valence-electron chi connectivity index (χ1n) is 13.3. The number of oxazole rings is 1. The molecule has 39 heavy (non-hydrogen) atoms. The summed E-state index contributed by atoms with van der Waals surface area (Å²) in [5.41, 5.74) is 2.96. The predicted molar refractivity (Wildman–Crippen MR) is 155 cm³/mol. The van der Waals surface area contributed by atoms with E-state index in [-0.39, 0.29) is 28.3 Å². The molecule has 0 saturated carbocycles. The Balaban J connectivity index is 1.37. The maximum absolute atomic E-state index is 13.2. The average Bonchev–Trinajstić information content (AvgIpc) is 3.51. The van der Waals surface area contributed by atoms with Gasteiger partial charge in [0.1, 0.15) is 6.26 Å². The highest BCUT2D eigenvalue weighted by Gasteiger charge is 2.39. The van der Waals surface area contributed by atoms with E-state index in [1.165, 1.54) is 18.5 Å². The molecule has 5 rings (SSSR count). The minimum Gasteiger partial charge on any atom is -0.444 e. The number of anilines is 2. The first kappa shape index (κ1) is 26.9. The molecule has 0 unspecified atom stereocenters. The van der Waals surface area contributed by atoms with Gasteiger partial charge in [0, 0.05) is 49.5 Å². The number of piperidine rings is 1. The van der Waals surface area contributed by atoms with E-state index in [4.69, 9.17) is 8.84 Å². The standard InChI is InChI=1S/C28H36N6O4Si/c1-28(2,3)39(5,6)38-20-8-11-34(12-9-20)24-15-23-19(16-30-33(23)4)13-21(24)31-26(36)22-17-37-27(32-22)18-7-10-29-25(35)14-18/h7,10,13-17,20H,8-9,11-12H2,1-6H3,(H,29,35)(H,31,36). The van der Waals surface area contributed by atoms with Gasteiger partial charge < -0.3 is 24.0 Å². The highest BCUT2D eigenvalue weighted by molar-refractivity contribution is 6.74. The van der Waals surface area contributed by atoms with Crippen LogP contribution in [0.4, 0.5) is 11.4 Å². The van der Waals surface area contributed by atoms with Gasteiger partial charge in [-0.3, -0.25) is 14.3 Å². The van der Waals surface area contributed by atoms with Gasteiger partial charge in [-0.25, -0.2) is 4.98 Å². The second-order valence-electron chi connectivity index (χ2n) is 11.7. The summed E-state index contributed by atoms with van der Waals surface area (Å²) >= 11 is 0. The number of amides is 1. The zero-order valence-corrected chi connectivity index (χ0v) is 24.4. The number of benzene rings is 1. The average molecular weight is 549 g/mol. The lowest BCUT2D eigenvalue weighted by Gasteiger charge is -2.42. The number of carbonyl (C=O) groups is 1. The van der Waals surface area contributed by atoms with E-state index < -0.39 is 14.2 Å². The van der Waals surface area contributed by atoms with Gasteiger partial charge in [-0.2, -0.15) is 5.10 Å². The van der Waals surface area contributed by atoms with E-state index >= 15 is 0 Å². The highest BCUT2D eigenvalue weighted by atomic mass is 28.4. The number of H-pyrrole nitrogens is 1. The van der Waals surface area contributed by atoms with Gasteiger partial charge in [0.2, 0.25) is 11.4 Å². The summed E-state index contributed by atoms with van der Waals surface area (Å²) in [6, 6.07) is 7.07. The van der Waals surface area contributed by atoms with Crippen LogP contribution in [-0.4, -0.2) is 53.2 Å². The third-order valence-corrected chi connectivity index (χ3v) is 12.5. The fourth-order valence-electron chi connectivity index (χ4n) is 4.63. The lowest BCUT2D eigenvalue weighted by Crippen LogP contribution is -2.47. The molecular formula is C28H36N6O4Si. The van der Waals surface area contributed by atoms with E-state index in [1.54, 1.807) is 12.3 Å². The van der Waals surface area contributed by atoms with E-state index in [2.05, 4.69) is 65.2 Å². The lowest BCUT2D eigenvalue weighted by atomic mass is 10.1. The Labute approximate surface area is 228 Å². The van der Waals surface area contributed by atoms with Crippen molar-refractivity contribution in [1.82, 2.24) is 19.7 Å². The number of aromatic nitrogens is 4. The fourth-order valence-corrected chi connectivity index (χ4v) is 6.06. The normalized spacial score (nSPS) is 15.2. The van der Waals surface area contributed by atoms with Crippen LogP contribution in [0, 0.1) is 0 Å². The molecule has 4 aromatic rings. The molecule has 0 bridgehead atoms. The van der Waals surface area contributed by atoms with Gasteiger partial charge in [-0.1, -0.05) is 20.8 Å². The first-order chi connectivity index (χ1) is 18.4. The maximum Gasteiger partial charge on any atom is 0.277 e. The van der Waals surface area contributed by atoms with E-state index in [9.17, 15) is 9.59 Å². The number of rotatable bonds is 6. The predicted octanol–water partition coefficient (Wildman–Crippen LogP) is 5.16. The molecule has 11 heteroatoms. The molecule has 1 aromatic carbocycles. The largest absolute Gasteiger partial charge is 0.444 e. The summed E-state index contributed by atoms with van der Waals surface area (Å²) in [5.74, 6) is -0.187. The third kappa shape index (κ3) is 5.55. The molecule has 1 aliphatic rings. The van der Waals surface area contributed by atoms with Crippen LogP contribution in [0.2, 0.25) is 18.1 Å². The Morgan fingerprint density at radius 1 is 1.21 bits per heavy atom. The summed E-state index contributed by atoms with van der Waals surface area (Å²) in [6.07, 6.45) is 6.68. The number of fused-ring (bicyclic) bond motifs is 1. The highest BCUT2D eigenvalue weighted by Crippen LogP contribution is 2.39. The summed E-state index contributed by atoms with van der Waals surface area (Å²) in [7, 11) is 0.0657. The maximum atomic E-state index is 13.2. The van der Waals surface area contributed by atoms with Gasteiger partial charge in [0.25, 0.3) is 5.91 Å². The molecule has 1 saturated heterocycles. The van der Waals surface area contributed by atoms with Gasteiger partial charge in [0.15, 0.2) is 14.0 Å². The van der Waals surface area contributed by atoms with Crippen molar-refractivity contribution in [3.8, 4) is 11.5 Å². The molecule has 10 nitrogen and oxygen atoms in total. The van der Waals surface area contributed by atoms with Crippen molar-refractivity contribution in [3.63, 3.8) is 0 Å². The number of hydrogen-bond acceptors (Lipinski definition) is 7. The van der Waals surface area contributed by atoms with Gasteiger partial charge in [-0.05, 0) is 49.2 Å². The second-order valence-corrected chi connectivity index (χ2v) is 16.5. The Morgan fingerprint density at radius 2 is 1.95 bits per heavy atom. The van der Waals surface area contributed by atoms with Crippen LogP contribution in [-0.2, 0) is 11.5 Å². The molecule has 0 spiro atoms. The van der Waals surface area contributed by atoms with Crippen molar-refractivity contribution in [2.45, 2.75) is 57.8 Å². The minimum atomic E-state index is -1.85. The van der Waals surface area contributed by atoms with Crippen LogP contribution < -0.4 is 15.8 Å². The smallest absolute Gasteiger partial charge is 0.277 e. The Morgan fingerprint density at radius 3 is 2.64 bits per heavy atom. The van der Waals surface area contributed by atoms with E-state index in [1.807, 2.05) is 17.8 Å². The number of carbonyl (C=O) groups excluding carboxylic acids is 1. The molecule has 0 aliphatic carbocycles. The minimum absolute atomic E-state index is 0.129. The molecule has 2 N–H and O–H groups in total. The molecule has 4 heterocycles. The fraction of sp³-hybridized carbons (Fsp3) is 0.429. The van der Waals surface area contributed by atoms with Crippen molar-refractivity contribution in [2.75, 3.05) is 23.3 Å². The van der Waals surface area contributed by atoms with Crippen LogP contribution >= 0.6 is 0 Å². The number of hydrogen-bond donors (Lipinski definition) is 2. The number of nitrogens with one attached hydrogen (secondary N) is 2. The Bertz CT molecular complexity index is 1560. The number of aromatic amines is 1. The van der Waals surface area contributed by atoms with Crippen molar-refractivity contribution >= 4 is 36.5 Å². The van der Waals surface area contributed by atoms with Crippen LogP contribution in [0.15, 0.2) is 52.1 Å². The Hall–Kier alpha value is -3.70. The first-order valence-corrected chi connectivity index (χ1v) is 16.2. The van der Waals surface area contributed by atoms with E-state index in [0.29, 0.717) is 11.3 Å². The topological polar surface area (TPSA) is 118 Å². The molecular weight excluding hydrogens is 512 g/mol. The van der Waals surface area contributed by atoms with E-state index in [0.717, 1.165) is 42.5 Å². The van der Waals surface area contributed by atoms with Gasteiger partial charge in [0.05, 0.1) is 23.1 Å². The molecule has 1 amide bonds. The second kappa shape index (κ2) is 10.1. The van der Waals surface area contributed by atoms with Crippen molar-refractivity contribution in [3.05, 3.63) is 59.0 Å². The zero-order valence-electron chi connectivity index (χ0n) is 23.4. The number of pyridine rings is 1. The summed E-state index contributed by atoms with van der Waals surface area (Å²) in [6.45, 7) is 13.0. The lowest BCUT2D eigenvalue weighted by molar-refractivity contribution is 0.102. The zero-order chi connectivity index (χ0) is 27.9. The van der Waals surface area contributed by atoms with Crippen LogP contribution in [0.3, 0.4) is 0 Å². The van der Waals surface area contributed by atoms with Gasteiger partial charge >= 0.3 is 0 Å². The monoisotopic (exact) mass is 548 g/mol. The summed E-state index contributed by atoms with van der Waals surface area (Å²) in [4.78, 5) is 34.1. The summed E-state index contributed by atoms with van der Waals surface area (Å²) < 4.78 is 14.0. The van der Waals surface area contributed by atoms with Crippen molar-refractivity contribution < 1.29 is 13.6 Å². The Kier molecular flexibility index (Phi) is 6.98. The summed E-state index contributed by atoms with van der Waals surface area (Å²) in [5, 5.41) is 8.53. The number of nitrogens with zero attached hydrogens (tertiary/aromatic N) is 4. The van der Waals surface area contributed by atoms with Gasteiger partial charge in [-0.15, -0.1) is 0 Å². The molecule has 1 fully saturated rings. The molecule has 1 aliphatic heterocycles. The van der Waals surface area contributed by atoms with Crippen LogP contribution in [0.1, 0.15) is 44.1 Å². The van der Waals surface area contributed by atoms with Crippen molar-refractivity contribution in [1.29, 1.82) is 0 Å².